The summed E-state index contributed by atoms with van der Waals surface area (Å²) in [7, 11) is 1.30. The van der Waals surface area contributed by atoms with Gasteiger partial charge in [0, 0.05) is 13.1 Å². The minimum atomic E-state index is -4.85. The second-order valence-corrected chi connectivity index (χ2v) is 3.47. The van der Waals surface area contributed by atoms with Crippen LogP contribution in [0, 0.1) is 0 Å². The summed E-state index contributed by atoms with van der Waals surface area (Å²) in [6.45, 7) is -0.373. The van der Waals surface area contributed by atoms with Crippen LogP contribution in [0.2, 0.25) is 0 Å². The maximum absolute atomic E-state index is 12.0. The minimum Gasteiger partial charge on any atom is -0.448 e. The molecule has 0 heterocycles. The van der Waals surface area contributed by atoms with Crippen molar-refractivity contribution in [3.05, 3.63) is 0 Å². The number of likely N-dealkylation sites (N-methyl/N-ethyl adjacent to an activating group) is 2. The van der Waals surface area contributed by atoms with Gasteiger partial charge in [-0.2, -0.15) is 0 Å². The van der Waals surface area contributed by atoms with Crippen LogP contribution in [0.25, 0.3) is 0 Å². The van der Waals surface area contributed by atoms with Crippen LogP contribution in [0.5, 0.6) is 0 Å². The van der Waals surface area contributed by atoms with Crippen molar-refractivity contribution in [2.75, 3.05) is 33.1 Å². The molecule has 0 saturated heterocycles. The number of rotatable bonds is 6. The van der Waals surface area contributed by atoms with Crippen LogP contribution in [0.3, 0.4) is 0 Å². The fourth-order valence-electron chi connectivity index (χ4n) is 1.33. The number of nitrogens with zero attached hydrogens (tertiary/aromatic N) is 2. The molecular weight excluding hydrogens is 247 g/mol. The normalized spacial score (nSPS) is 11.2. The van der Waals surface area contributed by atoms with Crippen molar-refractivity contribution in [2.24, 2.45) is 0 Å². The second kappa shape index (κ2) is 8.93. The Morgan fingerprint density at radius 2 is 1.62 bits per heavy atom. The summed E-state index contributed by atoms with van der Waals surface area (Å²) in [5, 5.41) is 0. The molecule has 0 aliphatic carbocycles. The van der Waals surface area contributed by atoms with Crippen molar-refractivity contribution in [2.45, 2.75) is 13.8 Å². The molecule has 0 aliphatic heterocycles. The van der Waals surface area contributed by atoms with Gasteiger partial charge in [-0.05, 0) is 27.3 Å². The molecule has 1 amide bonds. The van der Waals surface area contributed by atoms with E-state index in [-0.39, 0.29) is 63.8 Å². The topological polar surface area (TPSA) is 23.6 Å². The van der Waals surface area contributed by atoms with Crippen molar-refractivity contribution in [3.63, 3.8) is 0 Å². The number of halogens is 3. The molecule has 0 rings (SSSR count). The van der Waals surface area contributed by atoms with Crippen LogP contribution < -0.4 is 51.4 Å². The molecule has 0 fully saturated rings. The molecule has 0 aromatic heterocycles. The van der Waals surface area contributed by atoms with Gasteiger partial charge < -0.3 is 22.7 Å². The summed E-state index contributed by atoms with van der Waals surface area (Å²) in [5.74, 6) is -0.262. The number of carbonyl (C=O) groups is 1. The first kappa shape index (κ1) is 19.3. The third kappa shape index (κ3) is 9.00. The van der Waals surface area contributed by atoms with Gasteiger partial charge in [-0.25, -0.2) is 0 Å². The van der Waals surface area contributed by atoms with E-state index in [1.54, 1.807) is 13.8 Å². The SMILES string of the molecule is CCN(CC)C(=O)CN(C)C[B-](F)(F)F.[K+]. The molecule has 0 radical (unpaired) electrons. The van der Waals surface area contributed by atoms with E-state index >= 15 is 0 Å². The third-order valence-electron chi connectivity index (χ3n) is 2.04. The Morgan fingerprint density at radius 1 is 1.19 bits per heavy atom. The zero-order valence-corrected chi connectivity index (χ0v) is 13.5. The molecule has 8 heteroatoms. The van der Waals surface area contributed by atoms with Gasteiger partial charge in [0.15, 0.2) is 0 Å². The quantitative estimate of drug-likeness (QED) is 0.527. The maximum Gasteiger partial charge on any atom is 1.00 e. The van der Waals surface area contributed by atoms with Crippen molar-refractivity contribution in [3.8, 4) is 0 Å². The summed E-state index contributed by atoms with van der Waals surface area (Å²) in [6, 6.07) is 0. The molecule has 0 bridgehead atoms. The molecule has 0 aromatic carbocycles. The van der Waals surface area contributed by atoms with Crippen LogP contribution in [-0.2, 0) is 4.79 Å². The summed E-state index contributed by atoms with van der Waals surface area (Å²) in [6.07, 6.45) is -0.993. The zero-order chi connectivity index (χ0) is 12.1. The van der Waals surface area contributed by atoms with Gasteiger partial charge in [-0.3, -0.25) is 4.79 Å². The van der Waals surface area contributed by atoms with Gasteiger partial charge in [0.1, 0.15) is 0 Å². The van der Waals surface area contributed by atoms with E-state index in [1.807, 2.05) is 0 Å². The maximum atomic E-state index is 12.0. The molecular formula is C8H17BF3KN2O. The number of carbonyl (C=O) groups excluding carboxylic acids is 1. The summed E-state index contributed by atoms with van der Waals surface area (Å²) in [5.41, 5.74) is 0. The molecule has 0 unspecified atom stereocenters. The Hall–Kier alpha value is 0.921. The fraction of sp³-hybridized carbons (Fsp3) is 0.875. The van der Waals surface area contributed by atoms with Crippen LogP contribution in [0.15, 0.2) is 0 Å². The van der Waals surface area contributed by atoms with E-state index in [1.165, 1.54) is 11.9 Å². The van der Waals surface area contributed by atoms with Gasteiger partial charge in [-0.15, -0.1) is 0 Å². The van der Waals surface area contributed by atoms with E-state index in [0.717, 1.165) is 4.90 Å². The monoisotopic (exact) mass is 264 g/mol. The zero-order valence-electron chi connectivity index (χ0n) is 10.3. The first-order valence-electron chi connectivity index (χ1n) is 4.97. The molecule has 0 N–H and O–H groups in total. The Bertz CT molecular complexity index is 212. The molecule has 0 aliphatic rings. The van der Waals surface area contributed by atoms with Gasteiger partial charge in [0.05, 0.1) is 6.54 Å². The Labute approximate surface area is 137 Å². The van der Waals surface area contributed by atoms with Crippen molar-refractivity contribution in [1.82, 2.24) is 9.80 Å². The third-order valence-corrected chi connectivity index (χ3v) is 2.04. The molecule has 90 valence electrons. The van der Waals surface area contributed by atoms with Crippen molar-refractivity contribution < 1.29 is 69.1 Å². The van der Waals surface area contributed by atoms with Crippen LogP contribution in [-0.4, -0.2) is 55.8 Å². The van der Waals surface area contributed by atoms with Gasteiger partial charge in [-0.1, -0.05) is 0 Å². The average molecular weight is 264 g/mol. The smallest absolute Gasteiger partial charge is 0.448 e. The van der Waals surface area contributed by atoms with Gasteiger partial charge in [0.2, 0.25) is 5.91 Å². The fourth-order valence-corrected chi connectivity index (χ4v) is 1.33. The Morgan fingerprint density at radius 3 is 1.94 bits per heavy atom. The van der Waals surface area contributed by atoms with E-state index < -0.39 is 13.4 Å². The minimum absolute atomic E-state index is 0. The predicted molar refractivity (Wildman–Crippen MR) is 54.5 cm³/mol. The number of amides is 1. The summed E-state index contributed by atoms with van der Waals surface area (Å²) in [4.78, 5) is 13.9. The van der Waals surface area contributed by atoms with E-state index in [0.29, 0.717) is 13.1 Å². The van der Waals surface area contributed by atoms with Crippen LogP contribution in [0.4, 0.5) is 12.9 Å². The van der Waals surface area contributed by atoms with Crippen LogP contribution in [0.1, 0.15) is 13.8 Å². The van der Waals surface area contributed by atoms with Gasteiger partial charge in [0.25, 0.3) is 0 Å². The number of hydrogen-bond acceptors (Lipinski definition) is 2. The Kier molecular flexibility index (Phi) is 10.8. The average Bonchev–Trinajstić information content (AvgIpc) is 2.02. The molecule has 0 aromatic rings. The van der Waals surface area contributed by atoms with Gasteiger partial charge >= 0.3 is 58.4 Å². The molecule has 16 heavy (non-hydrogen) atoms. The molecule has 0 saturated carbocycles. The summed E-state index contributed by atoms with van der Waals surface area (Å²) >= 11 is 0. The molecule has 0 atom stereocenters. The summed E-state index contributed by atoms with van der Waals surface area (Å²) < 4.78 is 36.1. The van der Waals surface area contributed by atoms with Crippen molar-refractivity contribution >= 4 is 12.9 Å². The number of hydrogen-bond donors (Lipinski definition) is 0. The first-order valence-corrected chi connectivity index (χ1v) is 4.97. The molecule has 3 nitrogen and oxygen atoms in total. The standard InChI is InChI=1S/C8H17BF3N2O.K/c1-4-14(5-2)8(15)6-13(3)7-9(10,11)12;/h4-7H2,1-3H3;/q-1;+1. The van der Waals surface area contributed by atoms with E-state index in [2.05, 4.69) is 0 Å². The largest absolute Gasteiger partial charge is 1.00 e. The predicted octanol–water partition coefficient (Wildman–Crippen LogP) is -1.82. The van der Waals surface area contributed by atoms with Crippen LogP contribution >= 0.6 is 0 Å². The van der Waals surface area contributed by atoms with E-state index in [9.17, 15) is 17.7 Å². The second-order valence-electron chi connectivity index (χ2n) is 3.47. The van der Waals surface area contributed by atoms with E-state index in [4.69, 9.17) is 0 Å². The molecule has 0 spiro atoms. The van der Waals surface area contributed by atoms with Crippen molar-refractivity contribution in [1.29, 1.82) is 0 Å². The first-order chi connectivity index (χ1) is 6.80. The Balaban J connectivity index is 0.